The van der Waals surface area contributed by atoms with Crippen molar-refractivity contribution in [2.45, 2.75) is 13.3 Å². The second-order valence-corrected chi connectivity index (χ2v) is 2.11. The largest absolute Gasteiger partial charge is 0.491 e. The number of hydrogen-bond acceptors (Lipinski definition) is 3. The first kappa shape index (κ1) is 7.71. The highest BCUT2D eigenvalue weighted by Crippen LogP contribution is 2.16. The lowest BCUT2D eigenvalue weighted by Crippen LogP contribution is -2.01. The molecule has 11 heavy (non-hydrogen) atoms. The number of aromatic nitrogens is 2. The summed E-state index contributed by atoms with van der Waals surface area (Å²) in [5.74, 6) is -0.139. The van der Waals surface area contributed by atoms with Crippen molar-refractivity contribution in [3.63, 3.8) is 0 Å². The van der Waals surface area contributed by atoms with Gasteiger partial charge in [0.15, 0.2) is 0 Å². The molecule has 0 bridgehead atoms. The molecule has 0 spiro atoms. The Hall–Kier alpha value is -1.39. The van der Waals surface area contributed by atoms with E-state index in [1.54, 1.807) is 0 Å². The van der Waals surface area contributed by atoms with Gasteiger partial charge in [0.1, 0.15) is 0 Å². The number of ether oxygens (including phenoxy) is 1. The number of H-pyrrole nitrogens is 2. The molecule has 5 heteroatoms. The fourth-order valence-electron chi connectivity index (χ4n) is 0.666. The lowest BCUT2D eigenvalue weighted by atomic mass is 10.5. The molecule has 0 unspecified atom stereocenters. The van der Waals surface area contributed by atoms with Crippen LogP contribution >= 0.6 is 0 Å². The zero-order valence-electron chi connectivity index (χ0n) is 6.18. The van der Waals surface area contributed by atoms with Crippen molar-refractivity contribution in [3.05, 3.63) is 10.5 Å². The van der Waals surface area contributed by atoms with Gasteiger partial charge in [-0.05, 0) is 6.42 Å². The monoisotopic (exact) mass is 158 g/mol. The smallest absolute Gasteiger partial charge is 0.328 e. The Morgan fingerprint density at radius 2 is 2.27 bits per heavy atom. The molecule has 1 aromatic rings. The molecular weight excluding hydrogens is 148 g/mol. The average Bonchev–Trinajstić information content (AvgIpc) is 2.26. The van der Waals surface area contributed by atoms with Gasteiger partial charge in [0.2, 0.25) is 0 Å². The van der Waals surface area contributed by atoms with Gasteiger partial charge in [-0.1, -0.05) is 6.92 Å². The zero-order valence-corrected chi connectivity index (χ0v) is 6.18. The summed E-state index contributed by atoms with van der Waals surface area (Å²) in [6.45, 7) is 2.41. The molecule has 0 aliphatic heterocycles. The number of nitrogens with one attached hydrogen (secondary N) is 2. The van der Waals surface area contributed by atoms with Gasteiger partial charge < -0.3 is 9.84 Å². The predicted octanol–water partition coefficient (Wildman–Crippen LogP) is 0.197. The molecule has 0 fully saturated rings. The first-order valence-corrected chi connectivity index (χ1v) is 3.38. The molecule has 3 N–H and O–H groups in total. The minimum atomic E-state index is -0.464. The maximum absolute atomic E-state index is 10.5. The van der Waals surface area contributed by atoms with E-state index in [2.05, 4.69) is 9.97 Å². The summed E-state index contributed by atoms with van der Waals surface area (Å²) in [5.41, 5.74) is -0.464. The van der Waals surface area contributed by atoms with Crippen molar-refractivity contribution in [1.82, 2.24) is 9.97 Å². The van der Waals surface area contributed by atoms with Crippen molar-refractivity contribution < 1.29 is 9.84 Å². The Balaban J connectivity index is 2.69. The van der Waals surface area contributed by atoms with Gasteiger partial charge in [0.05, 0.1) is 6.61 Å². The van der Waals surface area contributed by atoms with E-state index < -0.39 is 5.69 Å². The Morgan fingerprint density at radius 1 is 1.55 bits per heavy atom. The lowest BCUT2D eigenvalue weighted by molar-refractivity contribution is 0.288. The quantitative estimate of drug-likeness (QED) is 0.587. The molecule has 0 amide bonds. The van der Waals surface area contributed by atoms with Crippen LogP contribution in [0.1, 0.15) is 13.3 Å². The van der Waals surface area contributed by atoms with Gasteiger partial charge in [0, 0.05) is 0 Å². The third kappa shape index (κ3) is 1.76. The van der Waals surface area contributed by atoms with E-state index in [-0.39, 0.29) is 11.8 Å². The zero-order chi connectivity index (χ0) is 8.27. The normalized spacial score (nSPS) is 9.91. The van der Waals surface area contributed by atoms with Gasteiger partial charge in [-0.15, -0.1) is 0 Å². The molecule has 1 aromatic heterocycles. The molecule has 1 heterocycles. The third-order valence-corrected chi connectivity index (χ3v) is 1.12. The van der Waals surface area contributed by atoms with Gasteiger partial charge in [-0.3, -0.25) is 9.97 Å². The fourth-order valence-corrected chi connectivity index (χ4v) is 0.666. The summed E-state index contributed by atoms with van der Waals surface area (Å²) in [5, 5.41) is 8.95. The van der Waals surface area contributed by atoms with E-state index in [4.69, 9.17) is 9.84 Å². The van der Waals surface area contributed by atoms with Gasteiger partial charge in [0.25, 0.3) is 11.8 Å². The van der Waals surface area contributed by atoms with Crippen molar-refractivity contribution >= 4 is 0 Å². The molecule has 0 saturated carbocycles. The molecule has 0 saturated heterocycles. The van der Waals surface area contributed by atoms with E-state index in [9.17, 15) is 4.79 Å². The second kappa shape index (κ2) is 3.14. The van der Waals surface area contributed by atoms with Crippen LogP contribution in [0.2, 0.25) is 0 Å². The second-order valence-electron chi connectivity index (χ2n) is 2.11. The minimum Gasteiger partial charge on any atom is -0.491 e. The maximum atomic E-state index is 10.5. The highest BCUT2D eigenvalue weighted by atomic mass is 16.5. The summed E-state index contributed by atoms with van der Waals surface area (Å²) < 4.78 is 4.97. The van der Waals surface area contributed by atoms with E-state index in [0.717, 1.165) is 6.42 Å². The van der Waals surface area contributed by atoms with Crippen LogP contribution in [0.25, 0.3) is 0 Å². The first-order valence-electron chi connectivity index (χ1n) is 3.38. The average molecular weight is 158 g/mol. The van der Waals surface area contributed by atoms with Crippen LogP contribution in [0.4, 0.5) is 0 Å². The van der Waals surface area contributed by atoms with Crippen molar-refractivity contribution in [3.8, 4) is 11.8 Å². The highest BCUT2D eigenvalue weighted by Gasteiger charge is 2.04. The van der Waals surface area contributed by atoms with E-state index in [1.165, 1.54) is 0 Å². The van der Waals surface area contributed by atoms with Crippen LogP contribution in [0.3, 0.4) is 0 Å². The summed E-state index contributed by atoms with van der Waals surface area (Å²) in [4.78, 5) is 15.0. The maximum Gasteiger partial charge on any atom is 0.328 e. The molecule has 0 aromatic carbocycles. The van der Waals surface area contributed by atoms with Gasteiger partial charge >= 0.3 is 5.69 Å². The van der Waals surface area contributed by atoms with E-state index >= 15 is 0 Å². The Kier molecular flexibility index (Phi) is 2.20. The molecule has 0 aliphatic carbocycles. The Morgan fingerprint density at radius 3 is 2.73 bits per heavy atom. The fraction of sp³-hybridized carbons (Fsp3) is 0.500. The molecule has 5 nitrogen and oxygen atoms in total. The van der Waals surface area contributed by atoms with Crippen LogP contribution in [0.5, 0.6) is 11.8 Å². The first-order chi connectivity index (χ1) is 5.24. The van der Waals surface area contributed by atoms with Crippen molar-refractivity contribution in [1.29, 1.82) is 0 Å². The summed E-state index contributed by atoms with van der Waals surface area (Å²) >= 11 is 0. The Labute approximate surface area is 63.0 Å². The van der Waals surface area contributed by atoms with Crippen LogP contribution in [-0.4, -0.2) is 21.7 Å². The number of imidazole rings is 1. The number of aromatic amines is 2. The summed E-state index contributed by atoms with van der Waals surface area (Å²) in [6, 6.07) is 0. The third-order valence-electron chi connectivity index (χ3n) is 1.12. The van der Waals surface area contributed by atoms with Crippen molar-refractivity contribution in [2.75, 3.05) is 6.61 Å². The van der Waals surface area contributed by atoms with Crippen LogP contribution < -0.4 is 10.4 Å². The number of rotatable bonds is 3. The molecule has 0 atom stereocenters. The molecular formula is C6H10N2O3. The molecule has 0 radical (unpaired) electrons. The van der Waals surface area contributed by atoms with Crippen LogP contribution in [-0.2, 0) is 0 Å². The standard InChI is InChI=1S/C6H10N2O3/c1-2-3-11-5-4(9)7-6(10)8-5/h9H,2-3H2,1H3,(H2,7,8,10). The molecule has 1 rings (SSSR count). The molecule has 0 aliphatic rings. The van der Waals surface area contributed by atoms with E-state index in [0.29, 0.717) is 6.61 Å². The SMILES string of the molecule is CCCOc1[nH]c(=O)[nH]c1O. The predicted molar refractivity (Wildman–Crippen MR) is 38.9 cm³/mol. The summed E-state index contributed by atoms with van der Waals surface area (Å²) in [7, 11) is 0. The van der Waals surface area contributed by atoms with Crippen molar-refractivity contribution in [2.24, 2.45) is 0 Å². The minimum absolute atomic E-state index is 0.108. The lowest BCUT2D eigenvalue weighted by Gasteiger charge is -1.98. The Bertz CT molecular complexity index is 276. The number of aromatic hydroxyl groups is 1. The highest BCUT2D eigenvalue weighted by molar-refractivity contribution is 5.22. The molecule has 62 valence electrons. The summed E-state index contributed by atoms with van der Waals surface area (Å²) in [6.07, 6.45) is 0.826. The van der Waals surface area contributed by atoms with E-state index in [1.807, 2.05) is 6.92 Å². The van der Waals surface area contributed by atoms with Gasteiger partial charge in [-0.2, -0.15) is 0 Å². The van der Waals surface area contributed by atoms with Crippen LogP contribution in [0.15, 0.2) is 4.79 Å². The van der Waals surface area contributed by atoms with Gasteiger partial charge in [-0.25, -0.2) is 4.79 Å². The topological polar surface area (TPSA) is 78.1 Å². The van der Waals surface area contributed by atoms with Crippen LogP contribution in [0, 0.1) is 0 Å². The number of hydrogen-bond donors (Lipinski definition) is 3.